The van der Waals surface area contributed by atoms with E-state index in [1.807, 2.05) is 19.1 Å². The third kappa shape index (κ3) is 6.57. The lowest BCUT2D eigenvalue weighted by atomic mass is 9.95. The summed E-state index contributed by atoms with van der Waals surface area (Å²) < 4.78 is 31.2. The fourth-order valence-corrected chi connectivity index (χ4v) is 4.11. The molecular weight excluding hydrogens is 476 g/mol. The summed E-state index contributed by atoms with van der Waals surface area (Å²) in [5.74, 6) is -0.0881. The summed E-state index contributed by atoms with van der Waals surface area (Å²) >= 11 is 6.06. The zero-order valence-electron chi connectivity index (χ0n) is 20.0. The molecule has 1 aliphatic heterocycles. The molecule has 3 atom stereocenters. The van der Waals surface area contributed by atoms with Crippen molar-refractivity contribution < 1.29 is 23.1 Å². The number of aliphatic imine (C=N–C) groups is 1. The van der Waals surface area contributed by atoms with Crippen LogP contribution < -0.4 is 5.32 Å². The molecule has 0 bridgehead atoms. The van der Waals surface area contributed by atoms with Crippen LogP contribution in [0.4, 0.5) is 8.78 Å². The minimum atomic E-state index is -2.67. The van der Waals surface area contributed by atoms with Crippen molar-refractivity contribution in [1.29, 1.82) is 0 Å². The van der Waals surface area contributed by atoms with Gasteiger partial charge in [0.05, 0.1) is 43.2 Å². The van der Waals surface area contributed by atoms with Crippen molar-refractivity contribution in [3.63, 3.8) is 0 Å². The van der Waals surface area contributed by atoms with Crippen LogP contribution in [0.2, 0.25) is 5.02 Å². The number of Topliss-reactive ketones (excluding diaryl/α,β-unsaturated/α-hetero) is 1. The molecule has 0 spiro atoms. The molecule has 0 aromatic heterocycles. The number of benzene rings is 1. The maximum absolute atomic E-state index is 13.6. The minimum Gasteiger partial charge on any atom is -0.495 e. The number of amides is 1. The highest BCUT2D eigenvalue weighted by atomic mass is 35.5. The summed E-state index contributed by atoms with van der Waals surface area (Å²) in [5.41, 5.74) is 0.878. The number of rotatable bonds is 10. The third-order valence-electron chi connectivity index (χ3n) is 6.12. The monoisotopic (exact) mass is 505 g/mol. The fraction of sp³-hybridized carbons (Fsp3) is 0.423. The highest BCUT2D eigenvalue weighted by molar-refractivity contribution is 6.30. The van der Waals surface area contributed by atoms with Crippen LogP contribution in [0.15, 0.2) is 65.6 Å². The molecule has 0 saturated heterocycles. The first kappa shape index (κ1) is 26.6. The van der Waals surface area contributed by atoms with Gasteiger partial charge in [0.2, 0.25) is 5.91 Å². The van der Waals surface area contributed by atoms with Gasteiger partial charge in [-0.25, -0.2) is 8.78 Å². The van der Waals surface area contributed by atoms with E-state index in [2.05, 4.69) is 16.9 Å². The summed E-state index contributed by atoms with van der Waals surface area (Å²) in [7, 11) is 1.45. The van der Waals surface area contributed by atoms with Crippen molar-refractivity contribution >= 4 is 29.0 Å². The second-order valence-electron chi connectivity index (χ2n) is 8.72. The average molecular weight is 506 g/mol. The van der Waals surface area contributed by atoms with Gasteiger partial charge in [-0.2, -0.15) is 0 Å². The van der Waals surface area contributed by atoms with Gasteiger partial charge in [-0.3, -0.25) is 14.6 Å². The summed E-state index contributed by atoms with van der Waals surface area (Å²) in [4.78, 5) is 31.5. The number of hydrogen-bond acceptors (Lipinski definition) is 5. The molecule has 2 aliphatic rings. The van der Waals surface area contributed by atoms with Gasteiger partial charge in [0.1, 0.15) is 11.5 Å². The van der Waals surface area contributed by atoms with Gasteiger partial charge in [0.25, 0.3) is 6.43 Å². The van der Waals surface area contributed by atoms with Crippen molar-refractivity contribution in [1.82, 2.24) is 10.2 Å². The molecule has 1 aromatic rings. The Labute approximate surface area is 209 Å². The molecule has 188 valence electrons. The van der Waals surface area contributed by atoms with Crippen LogP contribution in [0, 0.1) is 5.92 Å². The van der Waals surface area contributed by atoms with Crippen molar-refractivity contribution in [3.8, 4) is 0 Å². The van der Waals surface area contributed by atoms with Gasteiger partial charge in [0.15, 0.2) is 0 Å². The third-order valence-corrected chi connectivity index (χ3v) is 6.37. The Bertz CT molecular complexity index is 1050. The minimum absolute atomic E-state index is 0.0454. The Kier molecular flexibility index (Phi) is 8.83. The van der Waals surface area contributed by atoms with Gasteiger partial charge < -0.3 is 15.0 Å². The molecule has 9 heteroatoms. The van der Waals surface area contributed by atoms with Crippen LogP contribution in [0.3, 0.4) is 0 Å². The molecule has 1 saturated carbocycles. The Morgan fingerprint density at radius 3 is 2.51 bits per heavy atom. The van der Waals surface area contributed by atoms with Crippen molar-refractivity contribution in [3.05, 3.63) is 71.2 Å². The van der Waals surface area contributed by atoms with Crippen LogP contribution >= 0.6 is 11.6 Å². The van der Waals surface area contributed by atoms with Crippen LogP contribution in [-0.2, 0) is 14.3 Å². The number of halogens is 3. The fourth-order valence-electron chi connectivity index (χ4n) is 3.98. The van der Waals surface area contributed by atoms with Crippen molar-refractivity contribution in [2.24, 2.45) is 10.9 Å². The van der Waals surface area contributed by atoms with Crippen LogP contribution in [0.25, 0.3) is 0 Å². The topological polar surface area (TPSA) is 71.0 Å². The second-order valence-corrected chi connectivity index (χ2v) is 9.16. The highest BCUT2D eigenvalue weighted by Crippen LogP contribution is 2.34. The Morgan fingerprint density at radius 2 is 1.97 bits per heavy atom. The molecule has 1 aromatic carbocycles. The standard InChI is InChI=1S/C26H30ClF2N3O3/c1-5-21(17-8-10-19(27)11-9-17)32(25(34)13-23(33)18-6-7-18)22-12-24(35-4)20(31-15(22)2)14-30-16(3)26(28)29/h5,8-12,14-15,18,21-22,26,31H,1,6-7,13H2,2-4H3/b20-14-,30-16?. The number of ether oxygens (including phenoxy) is 1. The number of hydrogen-bond donors (Lipinski definition) is 1. The zero-order valence-corrected chi connectivity index (χ0v) is 20.8. The number of carbonyl (C=O) groups excluding carboxylic acids is 2. The Hall–Kier alpha value is -3.00. The number of alkyl halides is 2. The second kappa shape index (κ2) is 11.6. The Balaban J connectivity index is 2.01. The van der Waals surface area contributed by atoms with Gasteiger partial charge >= 0.3 is 0 Å². The van der Waals surface area contributed by atoms with Crippen LogP contribution in [0.1, 0.15) is 44.7 Å². The van der Waals surface area contributed by atoms with E-state index in [-0.39, 0.29) is 35.8 Å². The normalized spacial score (nSPS) is 22.3. The lowest BCUT2D eigenvalue weighted by molar-refractivity contribution is -0.138. The molecule has 3 rings (SSSR count). The van der Waals surface area contributed by atoms with E-state index >= 15 is 0 Å². The van der Waals surface area contributed by atoms with Gasteiger partial charge in [-0.1, -0.05) is 29.8 Å². The SMILES string of the molecule is C=CC(c1ccc(Cl)cc1)N(C(=O)CC(=O)C1CC1)C1C=C(OC)/C(=C/N=C(C)C(F)F)NC1C. The van der Waals surface area contributed by atoms with Crippen LogP contribution in [0.5, 0.6) is 0 Å². The lowest BCUT2D eigenvalue weighted by Crippen LogP contribution is -2.53. The Morgan fingerprint density at radius 1 is 1.31 bits per heavy atom. The predicted molar refractivity (Wildman–Crippen MR) is 132 cm³/mol. The molecule has 1 heterocycles. The molecule has 1 N–H and O–H groups in total. The molecule has 6 nitrogen and oxygen atoms in total. The zero-order chi connectivity index (χ0) is 25.7. The first-order valence-electron chi connectivity index (χ1n) is 11.4. The van der Waals surface area contributed by atoms with Crippen molar-refractivity contribution in [2.45, 2.75) is 57.7 Å². The van der Waals surface area contributed by atoms with E-state index < -0.39 is 18.5 Å². The largest absolute Gasteiger partial charge is 0.495 e. The number of methoxy groups -OCH3 is 1. The smallest absolute Gasteiger partial charge is 0.276 e. The molecule has 1 aliphatic carbocycles. The van der Waals surface area contributed by atoms with E-state index in [0.29, 0.717) is 16.5 Å². The van der Waals surface area contributed by atoms with E-state index in [9.17, 15) is 18.4 Å². The van der Waals surface area contributed by atoms with Gasteiger partial charge in [0, 0.05) is 17.0 Å². The van der Waals surface area contributed by atoms with Gasteiger partial charge in [-0.15, -0.1) is 6.58 Å². The number of nitrogens with zero attached hydrogens (tertiary/aromatic N) is 2. The predicted octanol–water partition coefficient (Wildman–Crippen LogP) is 5.22. The first-order valence-corrected chi connectivity index (χ1v) is 11.8. The van der Waals surface area contributed by atoms with Crippen LogP contribution in [-0.4, -0.2) is 47.9 Å². The van der Waals surface area contributed by atoms with E-state index in [4.69, 9.17) is 16.3 Å². The summed E-state index contributed by atoms with van der Waals surface area (Å²) in [6, 6.07) is 5.67. The van der Waals surface area contributed by atoms with E-state index in [1.165, 1.54) is 20.2 Å². The molecule has 35 heavy (non-hydrogen) atoms. The van der Waals surface area contributed by atoms with Crippen molar-refractivity contribution in [2.75, 3.05) is 7.11 Å². The maximum atomic E-state index is 13.6. The molecule has 1 fully saturated rings. The number of carbonyl (C=O) groups is 2. The summed E-state index contributed by atoms with van der Waals surface area (Å²) in [5, 5.41) is 3.76. The first-order chi connectivity index (χ1) is 16.7. The summed E-state index contributed by atoms with van der Waals surface area (Å²) in [6.07, 6.45) is 3.44. The lowest BCUT2D eigenvalue weighted by Gasteiger charge is -2.42. The molecule has 1 amide bonds. The number of nitrogens with one attached hydrogen (secondary N) is 1. The summed E-state index contributed by atoms with van der Waals surface area (Å²) in [6.45, 7) is 7.04. The van der Waals surface area contributed by atoms with E-state index in [0.717, 1.165) is 18.4 Å². The van der Waals surface area contributed by atoms with E-state index in [1.54, 1.807) is 29.2 Å². The molecule has 0 radical (unpaired) electrons. The highest BCUT2D eigenvalue weighted by Gasteiger charge is 2.38. The average Bonchev–Trinajstić information content (AvgIpc) is 3.67. The number of ketones is 1. The quantitative estimate of drug-likeness (QED) is 0.269. The maximum Gasteiger partial charge on any atom is 0.276 e. The molecular formula is C26H30ClF2N3O3. The molecule has 3 unspecified atom stereocenters. The van der Waals surface area contributed by atoms with Gasteiger partial charge in [-0.05, 0) is 50.5 Å².